The fourth-order valence-corrected chi connectivity index (χ4v) is 3.30. The van der Waals surface area contributed by atoms with Crippen LogP contribution in [0.2, 0.25) is 0 Å². The fraction of sp³-hybridized carbons (Fsp3) is 0.235. The predicted octanol–water partition coefficient (Wildman–Crippen LogP) is 4.75. The maximum absolute atomic E-state index is 12.9. The monoisotopic (exact) mass is 302 g/mol. The first-order valence-electron chi connectivity index (χ1n) is 7.14. The zero-order valence-corrected chi connectivity index (χ0v) is 11.6. The summed E-state index contributed by atoms with van der Waals surface area (Å²) in [6.07, 6.45) is -4.98. The van der Waals surface area contributed by atoms with E-state index in [1.54, 1.807) is 12.1 Å². The van der Waals surface area contributed by atoms with Crippen LogP contribution in [0.1, 0.15) is 17.9 Å². The van der Waals surface area contributed by atoms with Crippen LogP contribution in [0.3, 0.4) is 0 Å². The number of alkyl halides is 3. The van der Waals surface area contributed by atoms with Gasteiger partial charge in [-0.1, -0.05) is 36.4 Å². The van der Waals surface area contributed by atoms with Gasteiger partial charge in [-0.3, -0.25) is 0 Å². The Morgan fingerprint density at radius 3 is 2.59 bits per heavy atom. The molecule has 112 valence electrons. The van der Waals surface area contributed by atoms with Crippen LogP contribution in [0.4, 0.5) is 13.2 Å². The van der Waals surface area contributed by atoms with Crippen molar-refractivity contribution < 1.29 is 13.2 Å². The molecule has 0 aliphatic carbocycles. The summed E-state index contributed by atoms with van der Waals surface area (Å²) in [6.45, 7) is 0.312. The highest BCUT2D eigenvalue weighted by Crippen LogP contribution is 2.42. The van der Waals surface area contributed by atoms with Gasteiger partial charge in [0.05, 0.1) is 17.5 Å². The van der Waals surface area contributed by atoms with Gasteiger partial charge in [0, 0.05) is 18.0 Å². The fourth-order valence-electron chi connectivity index (χ4n) is 3.30. The molecule has 5 heteroatoms. The minimum Gasteiger partial charge on any atom is -0.323 e. The lowest BCUT2D eigenvalue weighted by Gasteiger charge is -2.28. The van der Waals surface area contributed by atoms with Crippen molar-refractivity contribution in [2.75, 3.05) is 0 Å². The average molecular weight is 302 g/mol. The maximum atomic E-state index is 12.9. The van der Waals surface area contributed by atoms with Gasteiger partial charge in [0.2, 0.25) is 0 Å². The molecule has 22 heavy (non-hydrogen) atoms. The molecule has 0 amide bonds. The summed E-state index contributed by atoms with van der Waals surface area (Å²) >= 11 is 0. The standard InChI is InChI=1S/C17H13F3N2/c18-17(19,20)9-11-10-22-15-8-4-3-7-14(15)21-16(22)13-6-2-1-5-12(11)13/h1-8,11H,9-10H2. The summed E-state index contributed by atoms with van der Waals surface area (Å²) in [6, 6.07) is 14.9. The van der Waals surface area contributed by atoms with Crippen molar-refractivity contribution in [1.29, 1.82) is 0 Å². The van der Waals surface area contributed by atoms with Crippen LogP contribution in [-0.2, 0) is 6.54 Å². The normalized spacial score (nSPS) is 17.3. The first-order chi connectivity index (χ1) is 10.5. The number of fused-ring (bicyclic) bond motifs is 5. The Kier molecular flexibility index (Phi) is 2.79. The smallest absolute Gasteiger partial charge is 0.323 e. The van der Waals surface area contributed by atoms with E-state index in [4.69, 9.17) is 0 Å². The van der Waals surface area contributed by atoms with Crippen LogP contribution in [0.25, 0.3) is 22.4 Å². The van der Waals surface area contributed by atoms with E-state index in [9.17, 15) is 13.2 Å². The Balaban J connectivity index is 1.92. The van der Waals surface area contributed by atoms with Crippen molar-refractivity contribution in [2.45, 2.75) is 25.1 Å². The van der Waals surface area contributed by atoms with E-state index in [1.165, 1.54) is 0 Å². The maximum Gasteiger partial charge on any atom is 0.389 e. The molecular formula is C17H13F3N2. The quantitative estimate of drug-likeness (QED) is 0.634. The lowest BCUT2D eigenvalue weighted by atomic mass is 9.88. The number of nitrogens with zero attached hydrogens (tertiary/aromatic N) is 2. The second-order valence-electron chi connectivity index (χ2n) is 5.64. The molecule has 0 bridgehead atoms. The molecule has 0 N–H and O–H groups in total. The molecule has 0 saturated heterocycles. The lowest BCUT2D eigenvalue weighted by Crippen LogP contribution is -2.22. The van der Waals surface area contributed by atoms with Crippen LogP contribution in [0, 0.1) is 0 Å². The van der Waals surface area contributed by atoms with Crippen molar-refractivity contribution >= 4 is 11.0 Å². The highest BCUT2D eigenvalue weighted by Gasteiger charge is 2.36. The van der Waals surface area contributed by atoms with Crippen molar-refractivity contribution in [3.63, 3.8) is 0 Å². The Morgan fingerprint density at radius 2 is 1.77 bits per heavy atom. The third kappa shape index (κ3) is 2.08. The topological polar surface area (TPSA) is 17.8 Å². The molecule has 2 nitrogen and oxygen atoms in total. The van der Waals surface area contributed by atoms with Gasteiger partial charge in [0.1, 0.15) is 5.82 Å². The second kappa shape index (κ2) is 4.60. The van der Waals surface area contributed by atoms with E-state index < -0.39 is 18.5 Å². The molecule has 1 unspecified atom stereocenters. The van der Waals surface area contributed by atoms with Crippen molar-refractivity contribution in [3.05, 3.63) is 54.1 Å². The molecule has 2 aromatic carbocycles. The Bertz CT molecular complexity index is 848. The van der Waals surface area contributed by atoms with Gasteiger partial charge in [0.15, 0.2) is 0 Å². The van der Waals surface area contributed by atoms with Crippen LogP contribution in [0.15, 0.2) is 48.5 Å². The molecule has 0 spiro atoms. The number of benzene rings is 2. The number of aromatic nitrogens is 2. The molecule has 1 aliphatic rings. The van der Waals surface area contributed by atoms with Crippen molar-refractivity contribution in [3.8, 4) is 11.4 Å². The molecule has 0 fully saturated rings. The predicted molar refractivity (Wildman–Crippen MR) is 78.6 cm³/mol. The second-order valence-corrected chi connectivity index (χ2v) is 5.64. The highest BCUT2D eigenvalue weighted by molar-refractivity contribution is 5.82. The molecular weight excluding hydrogens is 289 g/mol. The van der Waals surface area contributed by atoms with E-state index in [-0.39, 0.29) is 0 Å². The summed E-state index contributed by atoms with van der Waals surface area (Å²) in [5.41, 5.74) is 3.25. The molecule has 0 saturated carbocycles. The van der Waals surface area contributed by atoms with Gasteiger partial charge < -0.3 is 4.57 Å². The summed E-state index contributed by atoms with van der Waals surface area (Å²) in [5, 5.41) is 0. The third-order valence-corrected chi connectivity index (χ3v) is 4.18. The van der Waals surface area contributed by atoms with Gasteiger partial charge in [0.25, 0.3) is 0 Å². The number of imidazole rings is 1. The third-order valence-electron chi connectivity index (χ3n) is 4.18. The zero-order chi connectivity index (χ0) is 15.3. The number of para-hydroxylation sites is 2. The minimum atomic E-state index is -4.17. The van der Waals surface area contributed by atoms with Gasteiger partial charge >= 0.3 is 6.18 Å². The summed E-state index contributed by atoms with van der Waals surface area (Å²) in [7, 11) is 0. The largest absolute Gasteiger partial charge is 0.389 e. The van der Waals surface area contributed by atoms with E-state index in [0.29, 0.717) is 6.54 Å². The Hall–Kier alpha value is -2.30. The number of hydrogen-bond donors (Lipinski definition) is 0. The van der Waals surface area contributed by atoms with Crippen LogP contribution >= 0.6 is 0 Å². The highest BCUT2D eigenvalue weighted by atomic mass is 19.4. The summed E-state index contributed by atoms with van der Waals surface area (Å²) in [5.74, 6) is 0.191. The Labute approximate surface area is 125 Å². The van der Waals surface area contributed by atoms with Gasteiger partial charge in [-0.15, -0.1) is 0 Å². The van der Waals surface area contributed by atoms with Gasteiger partial charge in [-0.25, -0.2) is 4.98 Å². The zero-order valence-electron chi connectivity index (χ0n) is 11.6. The molecule has 1 atom stereocenters. The first kappa shape index (κ1) is 13.4. The van der Waals surface area contributed by atoms with Crippen LogP contribution < -0.4 is 0 Å². The summed E-state index contributed by atoms with van der Waals surface area (Å²) in [4.78, 5) is 4.61. The van der Waals surface area contributed by atoms with Gasteiger partial charge in [-0.05, 0) is 17.7 Å². The molecule has 1 aliphatic heterocycles. The van der Waals surface area contributed by atoms with E-state index >= 15 is 0 Å². The molecule has 1 aromatic heterocycles. The number of rotatable bonds is 1. The molecule has 4 rings (SSSR count). The van der Waals surface area contributed by atoms with Crippen LogP contribution in [-0.4, -0.2) is 15.7 Å². The van der Waals surface area contributed by atoms with E-state index in [1.807, 2.05) is 41.0 Å². The van der Waals surface area contributed by atoms with E-state index in [0.717, 1.165) is 28.0 Å². The summed E-state index contributed by atoms with van der Waals surface area (Å²) < 4.78 is 40.7. The SMILES string of the molecule is FC(F)(F)CC1Cn2c(nc3ccccc32)-c2ccccc21. The Morgan fingerprint density at radius 1 is 1.05 bits per heavy atom. The molecule has 0 radical (unpaired) electrons. The minimum absolute atomic E-state index is 0.312. The number of hydrogen-bond acceptors (Lipinski definition) is 1. The average Bonchev–Trinajstić information content (AvgIpc) is 2.85. The van der Waals surface area contributed by atoms with Crippen molar-refractivity contribution in [1.82, 2.24) is 9.55 Å². The number of halogens is 3. The van der Waals surface area contributed by atoms with Crippen molar-refractivity contribution in [2.24, 2.45) is 0 Å². The first-order valence-corrected chi connectivity index (χ1v) is 7.14. The van der Waals surface area contributed by atoms with Gasteiger partial charge in [-0.2, -0.15) is 13.2 Å². The van der Waals surface area contributed by atoms with Crippen LogP contribution in [0.5, 0.6) is 0 Å². The van der Waals surface area contributed by atoms with E-state index in [2.05, 4.69) is 4.98 Å². The lowest BCUT2D eigenvalue weighted by molar-refractivity contribution is -0.139. The molecule has 3 aromatic rings. The molecule has 2 heterocycles.